The predicted octanol–water partition coefficient (Wildman–Crippen LogP) is 4.41. The summed E-state index contributed by atoms with van der Waals surface area (Å²) in [5.41, 5.74) is 0. The maximum atomic E-state index is 5.88. The Bertz CT molecular complexity index is 269. The number of halogens is 2. The van der Waals surface area contributed by atoms with Crippen LogP contribution in [0.25, 0.3) is 0 Å². The van der Waals surface area contributed by atoms with Gasteiger partial charge in [-0.3, -0.25) is 0 Å². The minimum atomic E-state index is 0.631. The standard InChI is InChI=1S/C11H14ClO.BrH.Zn/c1-9(2)7-8-13-11-6-4-3-5-10(11)12;;/h4-6,9H,7-8H2,1-2H3;1H;/q-1;;+2/p-1. The summed E-state index contributed by atoms with van der Waals surface area (Å²) < 4.78 is 5.50. The van der Waals surface area contributed by atoms with Crippen LogP contribution in [0.5, 0.6) is 5.75 Å². The van der Waals surface area contributed by atoms with E-state index < -0.39 is 0 Å². The summed E-state index contributed by atoms with van der Waals surface area (Å²) in [6.45, 7) is 5.06. The van der Waals surface area contributed by atoms with Crippen LogP contribution in [0.2, 0.25) is 5.02 Å². The molecule has 0 aliphatic heterocycles. The van der Waals surface area contributed by atoms with Crippen LogP contribution < -0.4 is 4.74 Å². The van der Waals surface area contributed by atoms with Crippen molar-refractivity contribution in [3.05, 3.63) is 29.3 Å². The minimum absolute atomic E-state index is 0.631. The number of ether oxygens (including phenoxy) is 1. The molecule has 0 atom stereocenters. The molecule has 4 heteroatoms. The summed E-state index contributed by atoms with van der Waals surface area (Å²) in [4.78, 5) is 0. The Labute approximate surface area is 114 Å². The van der Waals surface area contributed by atoms with Gasteiger partial charge in [-0.15, -0.1) is 6.07 Å². The fraction of sp³-hybridized carbons (Fsp3) is 0.455. The summed E-state index contributed by atoms with van der Waals surface area (Å²) in [5, 5.41) is 0.631. The molecule has 0 N–H and O–H groups in total. The van der Waals surface area contributed by atoms with Crippen molar-refractivity contribution in [2.75, 3.05) is 6.61 Å². The first-order chi connectivity index (χ1) is 7.20. The molecule has 0 saturated heterocycles. The molecular weight excluding hydrogens is 329 g/mol. The maximum absolute atomic E-state index is 5.88. The Morgan fingerprint density at radius 3 is 2.73 bits per heavy atom. The Hall–Kier alpha value is 0.413. The van der Waals surface area contributed by atoms with Gasteiger partial charge in [0.2, 0.25) is 0 Å². The topological polar surface area (TPSA) is 9.23 Å². The van der Waals surface area contributed by atoms with Crippen molar-refractivity contribution in [3.8, 4) is 5.75 Å². The zero-order valence-corrected chi connectivity index (χ0v) is 14.4. The van der Waals surface area contributed by atoms with Crippen LogP contribution in [0.4, 0.5) is 0 Å². The van der Waals surface area contributed by atoms with Crippen LogP contribution in [0.15, 0.2) is 18.2 Å². The second kappa shape index (κ2) is 9.63. The molecule has 1 aromatic rings. The molecule has 0 aliphatic rings. The normalized spacial score (nSPS) is 9.53. The van der Waals surface area contributed by atoms with Crippen molar-refractivity contribution in [1.29, 1.82) is 0 Å². The van der Waals surface area contributed by atoms with E-state index in [2.05, 4.69) is 33.5 Å². The molecule has 0 bridgehead atoms. The first-order valence-electron chi connectivity index (χ1n) is 4.75. The van der Waals surface area contributed by atoms with Crippen molar-refractivity contribution in [2.24, 2.45) is 5.92 Å². The van der Waals surface area contributed by atoms with Gasteiger partial charge in [0.05, 0.1) is 6.61 Å². The summed E-state index contributed by atoms with van der Waals surface area (Å²) in [5.74, 6) is 1.41. The summed E-state index contributed by atoms with van der Waals surface area (Å²) in [7, 11) is 0. The zero-order valence-electron chi connectivity index (χ0n) is 9.09. The van der Waals surface area contributed by atoms with E-state index in [1.807, 2.05) is 6.07 Å². The molecule has 0 aliphatic carbocycles. The predicted molar refractivity (Wildman–Crippen MR) is 64.2 cm³/mol. The third kappa shape index (κ3) is 7.32. The van der Waals surface area contributed by atoms with E-state index in [0.717, 1.165) is 18.8 Å². The molecule has 1 rings (SSSR count). The van der Waals surface area contributed by atoms with Crippen molar-refractivity contribution < 1.29 is 21.1 Å². The average Bonchev–Trinajstić information content (AvgIpc) is 2.23. The summed E-state index contributed by atoms with van der Waals surface area (Å²) in [6.07, 6.45) is 1.05. The van der Waals surface area contributed by atoms with Gasteiger partial charge >= 0.3 is 30.0 Å². The van der Waals surface area contributed by atoms with Crippen LogP contribution in [0.3, 0.4) is 0 Å². The van der Waals surface area contributed by atoms with Gasteiger partial charge in [0, 0.05) is 5.75 Å². The molecule has 0 heterocycles. The second-order valence-corrected chi connectivity index (χ2v) is 3.79. The molecule has 15 heavy (non-hydrogen) atoms. The van der Waals surface area contributed by atoms with Crippen LogP contribution in [-0.4, -0.2) is 6.61 Å². The van der Waals surface area contributed by atoms with Crippen LogP contribution in [-0.2, 0) is 16.3 Å². The molecule has 0 aromatic heterocycles. The van der Waals surface area contributed by atoms with Gasteiger partial charge in [0.15, 0.2) is 0 Å². The number of hydrogen-bond acceptors (Lipinski definition) is 1. The van der Waals surface area contributed by atoms with E-state index in [1.54, 1.807) is 12.1 Å². The molecule has 80 valence electrons. The van der Waals surface area contributed by atoms with Crippen LogP contribution in [0, 0.1) is 12.0 Å². The number of benzene rings is 1. The van der Waals surface area contributed by atoms with E-state index in [0.29, 0.717) is 10.9 Å². The second-order valence-electron chi connectivity index (χ2n) is 3.39. The zero-order chi connectivity index (χ0) is 11.7. The van der Waals surface area contributed by atoms with Gasteiger partial charge < -0.3 is 4.74 Å². The Morgan fingerprint density at radius 1 is 1.53 bits per heavy atom. The molecule has 1 nitrogen and oxygen atoms in total. The molecule has 0 amide bonds. The molecule has 0 spiro atoms. The van der Waals surface area contributed by atoms with Gasteiger partial charge in [0.1, 0.15) is 0 Å². The Morgan fingerprint density at radius 2 is 2.20 bits per heavy atom. The van der Waals surface area contributed by atoms with Gasteiger partial charge in [-0.25, -0.2) is 0 Å². The van der Waals surface area contributed by atoms with Crippen molar-refractivity contribution in [1.82, 2.24) is 0 Å². The van der Waals surface area contributed by atoms with E-state index in [1.165, 1.54) is 16.3 Å². The van der Waals surface area contributed by atoms with Gasteiger partial charge in [-0.05, 0) is 17.4 Å². The number of rotatable bonds is 4. The molecular formula is C11H14BrClOZn. The summed E-state index contributed by atoms with van der Waals surface area (Å²) in [6, 6.07) is 8.24. The van der Waals surface area contributed by atoms with Crippen molar-refractivity contribution >= 4 is 25.2 Å². The Kier molecular flexibility index (Phi) is 9.89. The molecule has 0 fully saturated rings. The van der Waals surface area contributed by atoms with Crippen LogP contribution >= 0.6 is 25.2 Å². The first-order valence-corrected chi connectivity index (χ1v) is 12.1. The van der Waals surface area contributed by atoms with Crippen molar-refractivity contribution in [3.63, 3.8) is 0 Å². The van der Waals surface area contributed by atoms with E-state index in [9.17, 15) is 0 Å². The van der Waals surface area contributed by atoms with Crippen molar-refractivity contribution in [2.45, 2.75) is 20.3 Å². The summed E-state index contributed by atoms with van der Waals surface area (Å²) >= 11 is 10.1. The van der Waals surface area contributed by atoms with E-state index in [4.69, 9.17) is 16.3 Å². The van der Waals surface area contributed by atoms with Crippen LogP contribution in [0.1, 0.15) is 20.3 Å². The molecule has 0 unspecified atom stereocenters. The van der Waals surface area contributed by atoms with E-state index in [-0.39, 0.29) is 0 Å². The quantitative estimate of drug-likeness (QED) is 0.581. The average molecular weight is 343 g/mol. The molecule has 1 aromatic carbocycles. The van der Waals surface area contributed by atoms with Gasteiger partial charge in [0.25, 0.3) is 0 Å². The van der Waals surface area contributed by atoms with Gasteiger partial charge in [-0.2, -0.15) is 29.8 Å². The monoisotopic (exact) mass is 340 g/mol. The Balaban J connectivity index is 0.000000921. The SMILES string of the molecule is CC(C)CCOc1cc[c-]cc1Cl.[Zn+][Br]. The first kappa shape index (κ1) is 15.4. The fourth-order valence-electron chi connectivity index (χ4n) is 0.917. The molecule has 0 radical (unpaired) electrons. The van der Waals surface area contributed by atoms with E-state index >= 15 is 0 Å². The third-order valence-corrected chi connectivity index (χ3v) is 2.02. The third-order valence-electron chi connectivity index (χ3n) is 1.73. The fourth-order valence-corrected chi connectivity index (χ4v) is 1.10. The van der Waals surface area contributed by atoms with Gasteiger partial charge in [-0.1, -0.05) is 13.8 Å². The molecule has 0 saturated carbocycles. The number of hydrogen-bond donors (Lipinski definition) is 0.